The van der Waals surface area contributed by atoms with Crippen LogP contribution in [0.1, 0.15) is 51.5 Å². The fraction of sp³-hybridized carbons (Fsp3) is 0.515. The van der Waals surface area contributed by atoms with E-state index in [-0.39, 0.29) is 17.7 Å². The Morgan fingerprint density at radius 2 is 1.68 bits per heavy atom. The van der Waals surface area contributed by atoms with Crippen LogP contribution in [-0.2, 0) is 16.6 Å². The Kier molecular flexibility index (Phi) is 6.49. The number of aryl methyl sites for hydroxylation is 1. The van der Waals surface area contributed by atoms with Crippen molar-refractivity contribution in [3.63, 3.8) is 0 Å². The summed E-state index contributed by atoms with van der Waals surface area (Å²) in [6.45, 7) is 8.39. The predicted octanol–water partition coefficient (Wildman–Crippen LogP) is 4.33. The zero-order valence-electron chi connectivity index (χ0n) is 24.4. The van der Waals surface area contributed by atoms with E-state index in [1.165, 1.54) is 0 Å². The maximum absolute atomic E-state index is 14.2. The lowest BCUT2D eigenvalue weighted by molar-refractivity contribution is -0.133. The number of amidine groups is 1. The van der Waals surface area contributed by atoms with Gasteiger partial charge in [-0.15, -0.1) is 0 Å². The Morgan fingerprint density at radius 3 is 2.39 bits per heavy atom. The summed E-state index contributed by atoms with van der Waals surface area (Å²) in [4.78, 5) is 38.6. The van der Waals surface area contributed by atoms with Crippen molar-refractivity contribution < 1.29 is 9.59 Å². The Hall–Kier alpha value is -3.52. The molecule has 1 saturated carbocycles. The van der Waals surface area contributed by atoms with Gasteiger partial charge in [-0.05, 0) is 75.1 Å². The number of carbonyl (C=O) groups excluding carboxylic acids is 2. The number of rotatable bonds is 6. The molecule has 2 saturated heterocycles. The average Bonchev–Trinajstić information content (AvgIpc) is 3.55. The minimum absolute atomic E-state index is 0.147. The van der Waals surface area contributed by atoms with Crippen molar-refractivity contribution in [1.29, 1.82) is 0 Å². The zero-order chi connectivity index (χ0) is 28.3. The lowest BCUT2D eigenvalue weighted by Gasteiger charge is -2.38. The zero-order valence-corrected chi connectivity index (χ0v) is 24.4. The van der Waals surface area contributed by atoms with Crippen LogP contribution in [0.5, 0.6) is 0 Å². The Labute approximate surface area is 242 Å². The number of aromatic nitrogens is 2. The summed E-state index contributed by atoms with van der Waals surface area (Å²) in [7, 11) is 1.96. The molecule has 1 atom stereocenters. The monoisotopic (exact) mass is 552 g/mol. The maximum Gasteiger partial charge on any atom is 0.256 e. The number of fused-ring (bicyclic) bond motifs is 1. The first kappa shape index (κ1) is 26.4. The molecule has 3 fully saturated rings. The molecule has 8 nitrogen and oxygen atoms in total. The number of nitrogens with zero attached hydrogens (tertiary/aromatic N) is 6. The van der Waals surface area contributed by atoms with E-state index in [4.69, 9.17) is 4.99 Å². The predicted molar refractivity (Wildman–Crippen MR) is 160 cm³/mol. The minimum atomic E-state index is -0.674. The molecule has 41 heavy (non-hydrogen) atoms. The van der Waals surface area contributed by atoms with Crippen LogP contribution in [0.4, 0.5) is 0 Å². The molecule has 0 radical (unpaired) electrons. The topological polar surface area (TPSA) is 74.0 Å². The van der Waals surface area contributed by atoms with Crippen molar-refractivity contribution in [3.8, 4) is 11.1 Å². The van der Waals surface area contributed by atoms with Crippen molar-refractivity contribution in [2.24, 2.45) is 23.9 Å². The van der Waals surface area contributed by atoms with Gasteiger partial charge in [0, 0.05) is 62.7 Å². The molecule has 0 bridgehead atoms. The van der Waals surface area contributed by atoms with Crippen LogP contribution in [0.15, 0.2) is 53.7 Å². The van der Waals surface area contributed by atoms with Gasteiger partial charge in [-0.3, -0.25) is 24.2 Å². The SMILES string of the molecule is CC(C)N1CCC2(CC1)N=C(c1ccc(-c3ccc4c(cnn4C)c3)cc1)N(CC1CCN(C(=O)C3CC3)C1)C2=O. The molecule has 1 aromatic heterocycles. The van der Waals surface area contributed by atoms with Gasteiger partial charge in [-0.1, -0.05) is 30.3 Å². The molecule has 2 amide bonds. The van der Waals surface area contributed by atoms with Crippen LogP contribution in [0.3, 0.4) is 0 Å². The van der Waals surface area contributed by atoms with E-state index in [0.29, 0.717) is 18.5 Å². The third kappa shape index (κ3) is 4.76. The summed E-state index contributed by atoms with van der Waals surface area (Å²) in [6.07, 6.45) is 6.41. The molecule has 4 aliphatic rings. The number of amides is 2. The smallest absolute Gasteiger partial charge is 0.256 e. The number of benzene rings is 2. The molecule has 2 aromatic carbocycles. The summed E-state index contributed by atoms with van der Waals surface area (Å²) in [5.41, 5.74) is 3.69. The largest absolute Gasteiger partial charge is 0.342 e. The van der Waals surface area contributed by atoms with E-state index >= 15 is 0 Å². The van der Waals surface area contributed by atoms with E-state index in [1.54, 1.807) is 0 Å². The molecule has 1 unspecified atom stereocenters. The van der Waals surface area contributed by atoms with Crippen molar-refractivity contribution in [2.75, 3.05) is 32.7 Å². The van der Waals surface area contributed by atoms with E-state index < -0.39 is 5.54 Å². The fourth-order valence-corrected chi connectivity index (χ4v) is 6.97. The van der Waals surface area contributed by atoms with Gasteiger partial charge in [-0.2, -0.15) is 5.10 Å². The highest BCUT2D eigenvalue weighted by molar-refractivity contribution is 6.15. The van der Waals surface area contributed by atoms with Gasteiger partial charge >= 0.3 is 0 Å². The van der Waals surface area contributed by atoms with Gasteiger partial charge in [0.25, 0.3) is 5.91 Å². The second-order valence-electron chi connectivity index (χ2n) is 12.8. The van der Waals surface area contributed by atoms with Crippen molar-refractivity contribution in [2.45, 2.75) is 57.5 Å². The molecule has 4 heterocycles. The van der Waals surface area contributed by atoms with Crippen molar-refractivity contribution >= 4 is 28.6 Å². The lowest BCUT2D eigenvalue weighted by Crippen LogP contribution is -2.52. The van der Waals surface area contributed by atoms with Gasteiger partial charge in [0.2, 0.25) is 5.91 Å². The normalized spacial score (nSPS) is 22.9. The summed E-state index contributed by atoms with van der Waals surface area (Å²) in [6, 6.07) is 15.4. The maximum atomic E-state index is 14.2. The molecule has 3 aliphatic heterocycles. The summed E-state index contributed by atoms with van der Waals surface area (Å²) in [5.74, 6) is 1.78. The molecule has 0 N–H and O–H groups in total. The lowest BCUT2D eigenvalue weighted by atomic mass is 9.87. The fourth-order valence-electron chi connectivity index (χ4n) is 6.97. The highest BCUT2D eigenvalue weighted by Gasteiger charge is 2.51. The molecule has 1 aliphatic carbocycles. The number of carbonyl (C=O) groups is 2. The molecular formula is C33H40N6O2. The van der Waals surface area contributed by atoms with Crippen LogP contribution in [0, 0.1) is 11.8 Å². The van der Waals surface area contributed by atoms with Gasteiger partial charge in [-0.25, -0.2) is 0 Å². The third-order valence-electron chi connectivity index (χ3n) is 9.76. The highest BCUT2D eigenvalue weighted by atomic mass is 16.2. The second-order valence-corrected chi connectivity index (χ2v) is 12.8. The number of likely N-dealkylation sites (tertiary alicyclic amines) is 2. The van der Waals surface area contributed by atoms with Crippen LogP contribution < -0.4 is 0 Å². The number of piperidine rings is 1. The minimum Gasteiger partial charge on any atom is -0.342 e. The second kappa shape index (κ2) is 10.1. The summed E-state index contributed by atoms with van der Waals surface area (Å²) < 4.78 is 1.89. The van der Waals surface area contributed by atoms with Gasteiger partial charge < -0.3 is 9.80 Å². The van der Waals surface area contributed by atoms with Gasteiger partial charge in [0.15, 0.2) is 0 Å². The van der Waals surface area contributed by atoms with Gasteiger partial charge in [0.05, 0.1) is 11.7 Å². The first-order chi connectivity index (χ1) is 19.8. The average molecular weight is 553 g/mol. The van der Waals surface area contributed by atoms with E-state index in [9.17, 15) is 9.59 Å². The summed E-state index contributed by atoms with van der Waals surface area (Å²) >= 11 is 0. The van der Waals surface area contributed by atoms with Gasteiger partial charge in [0.1, 0.15) is 11.4 Å². The van der Waals surface area contributed by atoms with Crippen LogP contribution in [0.25, 0.3) is 22.0 Å². The number of aliphatic imine (C=N–C) groups is 1. The number of hydrogen-bond acceptors (Lipinski definition) is 5. The Morgan fingerprint density at radius 1 is 0.976 bits per heavy atom. The Bertz CT molecular complexity index is 1510. The first-order valence-corrected chi connectivity index (χ1v) is 15.3. The molecule has 8 heteroatoms. The third-order valence-corrected chi connectivity index (χ3v) is 9.76. The molecule has 214 valence electrons. The van der Waals surface area contributed by atoms with Crippen LogP contribution >= 0.6 is 0 Å². The van der Waals surface area contributed by atoms with E-state index in [1.807, 2.05) is 27.7 Å². The van der Waals surface area contributed by atoms with Crippen molar-refractivity contribution in [1.82, 2.24) is 24.5 Å². The highest BCUT2D eigenvalue weighted by Crippen LogP contribution is 2.38. The number of hydrogen-bond donors (Lipinski definition) is 0. The first-order valence-electron chi connectivity index (χ1n) is 15.3. The quantitative estimate of drug-likeness (QED) is 0.456. The molecule has 3 aromatic rings. The van der Waals surface area contributed by atoms with Crippen molar-refractivity contribution in [3.05, 3.63) is 54.2 Å². The van der Waals surface area contributed by atoms with Crippen LogP contribution in [0.2, 0.25) is 0 Å². The standard InChI is InChI=1S/C33H40N6O2/c1-22(2)37-16-13-33(14-17-37)32(41)39(21-23-12-15-38(20-23)31(40)26-8-9-26)30(35-33)25-6-4-24(5-7-25)27-10-11-29-28(18-27)19-34-36(29)3/h4-7,10-11,18-19,22-23,26H,8-9,12-17,20-21H2,1-3H3. The van der Waals surface area contributed by atoms with E-state index in [2.05, 4.69) is 66.3 Å². The van der Waals surface area contributed by atoms with Crippen LogP contribution in [-0.4, -0.2) is 86.4 Å². The molecule has 1 spiro atoms. The molecule has 7 rings (SSSR count). The molecular weight excluding hydrogens is 512 g/mol. The summed E-state index contributed by atoms with van der Waals surface area (Å²) in [5, 5.41) is 5.49. The Balaban J connectivity index is 1.16. The van der Waals surface area contributed by atoms with E-state index in [0.717, 1.165) is 91.7 Å².